The van der Waals surface area contributed by atoms with Gasteiger partial charge in [-0.05, 0) is 63.0 Å². The molecule has 3 N–H and O–H groups in total. The number of allylic oxidation sites excluding steroid dienone is 4. The van der Waals surface area contributed by atoms with Crippen LogP contribution in [0.25, 0.3) is 0 Å². The zero-order valence-corrected chi connectivity index (χ0v) is 22.6. The number of carbonyl (C=O) groups is 2. The van der Waals surface area contributed by atoms with E-state index < -0.39 is 34.1 Å². The molecule has 5 nitrogen and oxygen atoms in total. The van der Waals surface area contributed by atoms with Crippen molar-refractivity contribution in [2.24, 2.45) is 28.6 Å². The second-order valence-corrected chi connectivity index (χ2v) is 12.5. The van der Waals surface area contributed by atoms with E-state index in [2.05, 4.69) is 12.2 Å². The van der Waals surface area contributed by atoms with Crippen LogP contribution in [0.3, 0.4) is 0 Å². The Hall–Kier alpha value is -1.53. The maximum absolute atomic E-state index is 17.2. The van der Waals surface area contributed by atoms with Crippen molar-refractivity contribution in [3.05, 3.63) is 23.8 Å². The van der Waals surface area contributed by atoms with E-state index in [1.54, 1.807) is 13.0 Å². The number of ketones is 1. The Morgan fingerprint density at radius 1 is 1.14 bits per heavy atom. The molecule has 0 aliphatic heterocycles. The minimum Gasteiger partial charge on any atom is -0.390 e. The summed E-state index contributed by atoms with van der Waals surface area (Å²) in [6, 6.07) is 0. The molecule has 202 valence electrons. The number of nitrogens with one attached hydrogen (secondary N) is 1. The highest BCUT2D eigenvalue weighted by molar-refractivity contribution is 6.01. The normalized spacial score (nSPS) is 43.4. The minimum atomic E-state index is -1.95. The number of hydrogen-bond acceptors (Lipinski definition) is 4. The third-order valence-electron chi connectivity index (χ3n) is 10.6. The first-order valence-corrected chi connectivity index (χ1v) is 14.3. The summed E-state index contributed by atoms with van der Waals surface area (Å²) < 4.78 is 17.2. The Labute approximate surface area is 216 Å². The van der Waals surface area contributed by atoms with Crippen molar-refractivity contribution in [3.63, 3.8) is 0 Å². The van der Waals surface area contributed by atoms with E-state index in [-0.39, 0.29) is 29.9 Å². The third-order valence-corrected chi connectivity index (χ3v) is 10.6. The molecule has 0 bridgehead atoms. The molecule has 6 heteroatoms. The predicted molar refractivity (Wildman–Crippen MR) is 139 cm³/mol. The van der Waals surface area contributed by atoms with Crippen LogP contribution in [0.1, 0.15) is 98.3 Å². The van der Waals surface area contributed by atoms with Gasteiger partial charge in [-0.2, -0.15) is 0 Å². The van der Waals surface area contributed by atoms with Gasteiger partial charge in [0.2, 0.25) is 0 Å². The van der Waals surface area contributed by atoms with Gasteiger partial charge in [0.15, 0.2) is 17.1 Å². The van der Waals surface area contributed by atoms with Crippen LogP contribution in [0, 0.1) is 28.6 Å². The molecule has 3 fully saturated rings. The van der Waals surface area contributed by atoms with Crippen molar-refractivity contribution in [2.45, 2.75) is 116 Å². The number of fused-ring (bicyclic) bond motifs is 5. The first kappa shape index (κ1) is 27.5. The van der Waals surface area contributed by atoms with E-state index in [0.717, 1.165) is 24.8 Å². The SMILES string of the molecule is CCCCCCCCCNC(=O)[C@@]1(O)[C@H](C)C[C@H]2[C@@H]3CCC4=CC(=O)C=C[C@]4(C)[C@@]3(F)[C@@H](O)C[C@@]21C. The van der Waals surface area contributed by atoms with E-state index in [9.17, 15) is 19.8 Å². The molecule has 0 aromatic rings. The third kappa shape index (κ3) is 3.93. The largest absolute Gasteiger partial charge is 0.390 e. The zero-order valence-electron chi connectivity index (χ0n) is 22.6. The molecular weight excluding hydrogens is 457 g/mol. The molecule has 0 saturated heterocycles. The summed E-state index contributed by atoms with van der Waals surface area (Å²) in [4.78, 5) is 25.5. The van der Waals surface area contributed by atoms with Gasteiger partial charge >= 0.3 is 0 Å². The average molecular weight is 504 g/mol. The Morgan fingerprint density at radius 3 is 2.50 bits per heavy atom. The Morgan fingerprint density at radius 2 is 1.81 bits per heavy atom. The Bertz CT molecular complexity index is 932. The molecule has 0 aromatic carbocycles. The van der Waals surface area contributed by atoms with Crippen molar-refractivity contribution >= 4 is 11.7 Å². The van der Waals surface area contributed by atoms with E-state index in [4.69, 9.17) is 0 Å². The molecular formula is C30H46FNO4. The zero-order chi connectivity index (χ0) is 26.4. The predicted octanol–water partition coefficient (Wildman–Crippen LogP) is 5.20. The lowest BCUT2D eigenvalue weighted by Crippen LogP contribution is -2.70. The first-order valence-electron chi connectivity index (χ1n) is 14.3. The number of halogens is 1. The van der Waals surface area contributed by atoms with Gasteiger partial charge in [-0.3, -0.25) is 9.59 Å². The molecule has 8 atom stereocenters. The molecule has 0 spiro atoms. The van der Waals surface area contributed by atoms with Crippen molar-refractivity contribution < 1.29 is 24.2 Å². The summed E-state index contributed by atoms with van der Waals surface area (Å²) in [5, 5.41) is 26.4. The Kier molecular flexibility index (Phi) is 7.62. The fraction of sp³-hybridized carbons (Fsp3) is 0.800. The maximum Gasteiger partial charge on any atom is 0.252 e. The highest BCUT2D eigenvalue weighted by Gasteiger charge is 2.75. The number of unbranched alkanes of at least 4 members (excludes halogenated alkanes) is 6. The number of aliphatic hydroxyl groups is 2. The smallest absolute Gasteiger partial charge is 0.252 e. The summed E-state index contributed by atoms with van der Waals surface area (Å²) >= 11 is 0. The van der Waals surface area contributed by atoms with Crippen LogP contribution in [0.4, 0.5) is 4.39 Å². The number of rotatable bonds is 9. The van der Waals surface area contributed by atoms with E-state index in [0.29, 0.717) is 25.8 Å². The fourth-order valence-electron chi connectivity index (χ4n) is 8.45. The van der Waals surface area contributed by atoms with Crippen LogP contribution in [-0.2, 0) is 9.59 Å². The van der Waals surface area contributed by atoms with E-state index in [1.165, 1.54) is 37.8 Å². The number of aliphatic hydroxyl groups excluding tert-OH is 1. The van der Waals surface area contributed by atoms with Gasteiger partial charge in [0.05, 0.1) is 6.10 Å². The van der Waals surface area contributed by atoms with Gasteiger partial charge in [0, 0.05) is 23.3 Å². The molecule has 0 radical (unpaired) electrons. The standard InChI is InChI=1S/C30H46FNO4/c1-5-6-7-8-9-10-11-16-32-26(35)30(36)20(2)17-24-23-13-12-21-18-22(33)14-15-27(21,3)29(23,31)25(34)19-28(24,30)4/h14-15,18,20,23-25,34,36H,5-13,16-17,19H2,1-4H3,(H,32,35)/t20-,23+,24+,25+,27+,28+,29+,30+/m1/s1. The first-order chi connectivity index (χ1) is 17.0. The van der Waals surface area contributed by atoms with Crippen LogP contribution < -0.4 is 5.32 Å². The molecule has 3 saturated carbocycles. The summed E-state index contributed by atoms with van der Waals surface area (Å²) in [6.07, 6.45) is 12.9. The van der Waals surface area contributed by atoms with Crippen molar-refractivity contribution in [2.75, 3.05) is 6.54 Å². The van der Waals surface area contributed by atoms with Crippen molar-refractivity contribution in [1.82, 2.24) is 5.32 Å². The van der Waals surface area contributed by atoms with Crippen molar-refractivity contribution in [3.8, 4) is 0 Å². The van der Waals surface area contributed by atoms with Gasteiger partial charge < -0.3 is 15.5 Å². The lowest BCUT2D eigenvalue weighted by molar-refractivity contribution is -0.219. The average Bonchev–Trinajstić information content (AvgIpc) is 3.03. The van der Waals surface area contributed by atoms with Gasteiger partial charge in [0.1, 0.15) is 0 Å². The van der Waals surface area contributed by atoms with Crippen LogP contribution in [-0.4, -0.2) is 45.8 Å². The maximum atomic E-state index is 17.2. The lowest BCUT2D eigenvalue weighted by atomic mass is 9.44. The quantitative estimate of drug-likeness (QED) is 0.378. The van der Waals surface area contributed by atoms with Crippen LogP contribution >= 0.6 is 0 Å². The monoisotopic (exact) mass is 503 g/mol. The van der Waals surface area contributed by atoms with Gasteiger partial charge in [0.25, 0.3) is 5.91 Å². The summed E-state index contributed by atoms with van der Waals surface area (Å²) in [5.41, 5.74) is -4.85. The highest BCUT2D eigenvalue weighted by atomic mass is 19.1. The number of amides is 1. The molecule has 4 aliphatic carbocycles. The van der Waals surface area contributed by atoms with Gasteiger partial charge in [-0.15, -0.1) is 0 Å². The fourth-order valence-corrected chi connectivity index (χ4v) is 8.45. The molecule has 4 rings (SSSR count). The minimum absolute atomic E-state index is 0.0149. The van der Waals surface area contributed by atoms with Gasteiger partial charge in [-0.1, -0.05) is 70.9 Å². The number of alkyl halides is 1. The van der Waals surface area contributed by atoms with Crippen LogP contribution in [0.5, 0.6) is 0 Å². The van der Waals surface area contributed by atoms with E-state index in [1.807, 2.05) is 13.8 Å². The summed E-state index contributed by atoms with van der Waals surface area (Å²) in [7, 11) is 0. The molecule has 36 heavy (non-hydrogen) atoms. The van der Waals surface area contributed by atoms with Crippen LogP contribution in [0.2, 0.25) is 0 Å². The molecule has 1 amide bonds. The summed E-state index contributed by atoms with van der Waals surface area (Å²) in [5.74, 6) is -1.60. The molecule has 0 aromatic heterocycles. The number of carbonyl (C=O) groups excluding carboxylic acids is 2. The highest BCUT2D eigenvalue weighted by Crippen LogP contribution is 2.70. The lowest BCUT2D eigenvalue weighted by Gasteiger charge is -2.62. The van der Waals surface area contributed by atoms with Gasteiger partial charge in [-0.25, -0.2) is 4.39 Å². The number of hydrogen-bond donors (Lipinski definition) is 3. The molecule has 4 aliphatic rings. The molecule has 0 unspecified atom stereocenters. The Balaban J connectivity index is 1.50. The topological polar surface area (TPSA) is 86.6 Å². The second kappa shape index (κ2) is 9.98. The second-order valence-electron chi connectivity index (χ2n) is 12.5. The molecule has 0 heterocycles. The summed E-state index contributed by atoms with van der Waals surface area (Å²) in [6.45, 7) is 8.28. The van der Waals surface area contributed by atoms with Crippen molar-refractivity contribution in [1.29, 1.82) is 0 Å². The van der Waals surface area contributed by atoms with E-state index >= 15 is 4.39 Å². The van der Waals surface area contributed by atoms with Crippen LogP contribution in [0.15, 0.2) is 23.8 Å².